The highest BCUT2D eigenvalue weighted by molar-refractivity contribution is 5.74. The molecule has 1 fully saturated rings. The average molecular weight is 361 g/mol. The third kappa shape index (κ3) is 5.53. The van der Waals surface area contributed by atoms with Crippen molar-refractivity contribution in [3.63, 3.8) is 0 Å². The van der Waals surface area contributed by atoms with E-state index in [9.17, 15) is 4.79 Å². The fourth-order valence-electron chi connectivity index (χ4n) is 3.56. The van der Waals surface area contributed by atoms with Crippen molar-refractivity contribution < 1.29 is 14.3 Å². The van der Waals surface area contributed by atoms with Crippen LogP contribution in [0.5, 0.6) is 11.5 Å². The summed E-state index contributed by atoms with van der Waals surface area (Å²) in [4.78, 5) is 12.1. The highest BCUT2D eigenvalue weighted by atomic mass is 16.6. The molecule has 2 amide bonds. The van der Waals surface area contributed by atoms with Gasteiger partial charge in [0.2, 0.25) is 0 Å². The molecule has 1 aromatic carbocycles. The van der Waals surface area contributed by atoms with Crippen LogP contribution in [0, 0.1) is 0 Å². The van der Waals surface area contributed by atoms with E-state index in [0.717, 1.165) is 30.0 Å². The van der Waals surface area contributed by atoms with Gasteiger partial charge in [0.25, 0.3) is 0 Å². The number of ether oxygens (including phenoxy) is 2. The minimum absolute atomic E-state index is 0.0915. The molecule has 0 aromatic heterocycles. The van der Waals surface area contributed by atoms with Crippen molar-refractivity contribution in [3.05, 3.63) is 23.8 Å². The fourth-order valence-corrected chi connectivity index (χ4v) is 3.56. The Morgan fingerprint density at radius 3 is 2.69 bits per heavy atom. The zero-order valence-electron chi connectivity index (χ0n) is 15.7. The molecule has 0 bridgehead atoms. The van der Waals surface area contributed by atoms with Gasteiger partial charge >= 0.3 is 6.03 Å². The van der Waals surface area contributed by atoms with Gasteiger partial charge < -0.3 is 25.4 Å². The molecular weight excluding hydrogens is 330 g/mol. The summed E-state index contributed by atoms with van der Waals surface area (Å²) in [5.74, 6) is 1.51. The number of fused-ring (bicyclic) bond motifs is 1. The lowest BCUT2D eigenvalue weighted by Gasteiger charge is -2.23. The normalized spacial score (nSPS) is 18.2. The Hall–Kier alpha value is -1.95. The number of urea groups is 1. The first-order valence-electron chi connectivity index (χ1n) is 9.89. The number of hydrogen-bond acceptors (Lipinski definition) is 4. The predicted octanol–water partition coefficient (Wildman–Crippen LogP) is 3.13. The van der Waals surface area contributed by atoms with E-state index in [2.05, 4.69) is 16.0 Å². The van der Waals surface area contributed by atoms with Gasteiger partial charge in [0, 0.05) is 12.6 Å². The summed E-state index contributed by atoms with van der Waals surface area (Å²) in [5.41, 5.74) is 1.00. The maximum Gasteiger partial charge on any atom is 0.315 e. The van der Waals surface area contributed by atoms with Crippen LogP contribution in [-0.4, -0.2) is 38.4 Å². The Morgan fingerprint density at radius 2 is 1.88 bits per heavy atom. The van der Waals surface area contributed by atoms with Crippen LogP contribution in [0.3, 0.4) is 0 Å². The molecule has 0 saturated heterocycles. The van der Waals surface area contributed by atoms with Gasteiger partial charge in [-0.25, -0.2) is 4.79 Å². The Bertz CT molecular complexity index is 588. The zero-order chi connectivity index (χ0) is 18.2. The summed E-state index contributed by atoms with van der Waals surface area (Å²) < 4.78 is 11.1. The lowest BCUT2D eigenvalue weighted by molar-refractivity contribution is 0.171. The third-order valence-electron chi connectivity index (χ3n) is 5.09. The highest BCUT2D eigenvalue weighted by Crippen LogP contribution is 2.32. The van der Waals surface area contributed by atoms with Gasteiger partial charge in [-0.05, 0) is 50.4 Å². The van der Waals surface area contributed by atoms with Crippen molar-refractivity contribution in [1.82, 2.24) is 16.0 Å². The molecule has 1 saturated carbocycles. The van der Waals surface area contributed by atoms with Crippen molar-refractivity contribution in [2.75, 3.05) is 26.3 Å². The number of carbonyl (C=O) groups is 1. The second kappa shape index (κ2) is 9.67. The molecule has 144 valence electrons. The number of hydrogen-bond donors (Lipinski definition) is 3. The van der Waals surface area contributed by atoms with E-state index in [4.69, 9.17) is 9.47 Å². The molecule has 1 aliphatic heterocycles. The molecule has 6 heteroatoms. The van der Waals surface area contributed by atoms with Crippen LogP contribution < -0.4 is 25.4 Å². The van der Waals surface area contributed by atoms with Crippen LogP contribution in [-0.2, 0) is 0 Å². The molecule has 26 heavy (non-hydrogen) atoms. The molecule has 1 unspecified atom stereocenters. The van der Waals surface area contributed by atoms with Crippen LogP contribution in [0.2, 0.25) is 0 Å². The zero-order valence-corrected chi connectivity index (χ0v) is 15.7. The number of nitrogens with one attached hydrogen (secondary N) is 3. The maximum absolute atomic E-state index is 12.1. The highest BCUT2D eigenvalue weighted by Gasteiger charge is 2.16. The molecule has 3 rings (SSSR count). The Balaban J connectivity index is 1.33. The van der Waals surface area contributed by atoms with Gasteiger partial charge in [-0.1, -0.05) is 25.3 Å². The molecular formula is C20H31N3O3. The largest absolute Gasteiger partial charge is 0.486 e. The minimum Gasteiger partial charge on any atom is -0.486 e. The monoisotopic (exact) mass is 361 g/mol. The van der Waals surface area contributed by atoms with Gasteiger partial charge in [0.05, 0.1) is 6.04 Å². The van der Waals surface area contributed by atoms with Crippen LogP contribution in [0.1, 0.15) is 57.1 Å². The molecule has 2 aliphatic rings. The van der Waals surface area contributed by atoms with E-state index in [1.54, 1.807) is 0 Å². The van der Waals surface area contributed by atoms with Crippen molar-refractivity contribution >= 4 is 6.03 Å². The summed E-state index contributed by atoms with van der Waals surface area (Å²) in [6.07, 6.45) is 7.60. The van der Waals surface area contributed by atoms with Crippen LogP contribution >= 0.6 is 0 Å². The first-order valence-corrected chi connectivity index (χ1v) is 9.89. The third-order valence-corrected chi connectivity index (χ3v) is 5.09. The molecule has 3 N–H and O–H groups in total. The van der Waals surface area contributed by atoms with E-state index in [-0.39, 0.29) is 12.1 Å². The standard InChI is InChI=1S/C20H31N3O3/c1-15(16-8-9-18-19(14-16)26-13-12-25-18)23-20(24)22-11-5-10-21-17-6-3-2-4-7-17/h8-9,14-15,17,21H,2-7,10-13H2,1H3,(H2,22,23,24). The van der Waals surface area contributed by atoms with Crippen molar-refractivity contribution in [3.8, 4) is 11.5 Å². The topological polar surface area (TPSA) is 71.6 Å². The number of rotatable bonds is 7. The number of amides is 2. The lowest BCUT2D eigenvalue weighted by atomic mass is 9.95. The summed E-state index contributed by atoms with van der Waals surface area (Å²) in [7, 11) is 0. The summed E-state index contributed by atoms with van der Waals surface area (Å²) in [6.45, 7) is 4.75. The SMILES string of the molecule is CC(NC(=O)NCCCNC1CCCCC1)c1ccc2c(c1)OCCO2. The molecule has 0 spiro atoms. The smallest absolute Gasteiger partial charge is 0.315 e. The lowest BCUT2D eigenvalue weighted by Crippen LogP contribution is -2.39. The molecule has 1 heterocycles. The van der Waals surface area contributed by atoms with Crippen LogP contribution in [0.25, 0.3) is 0 Å². The Morgan fingerprint density at radius 1 is 1.12 bits per heavy atom. The predicted molar refractivity (Wildman–Crippen MR) is 102 cm³/mol. The molecule has 1 atom stereocenters. The van der Waals surface area contributed by atoms with Gasteiger partial charge in [-0.2, -0.15) is 0 Å². The maximum atomic E-state index is 12.1. The molecule has 1 aliphatic carbocycles. The van der Waals surface area contributed by atoms with Crippen molar-refractivity contribution in [2.24, 2.45) is 0 Å². The minimum atomic E-state index is -0.134. The second-order valence-electron chi connectivity index (χ2n) is 7.17. The second-order valence-corrected chi connectivity index (χ2v) is 7.17. The van der Waals surface area contributed by atoms with Crippen molar-refractivity contribution in [1.29, 1.82) is 0 Å². The van der Waals surface area contributed by atoms with Crippen LogP contribution in [0.15, 0.2) is 18.2 Å². The average Bonchev–Trinajstić information content (AvgIpc) is 2.68. The van der Waals surface area contributed by atoms with E-state index < -0.39 is 0 Å². The summed E-state index contributed by atoms with van der Waals surface area (Å²) in [5, 5.41) is 9.51. The van der Waals surface area contributed by atoms with Crippen LogP contribution in [0.4, 0.5) is 4.79 Å². The summed E-state index contributed by atoms with van der Waals surface area (Å²) in [6, 6.07) is 6.25. The molecule has 0 radical (unpaired) electrons. The van der Waals surface area contributed by atoms with E-state index in [0.29, 0.717) is 25.8 Å². The number of benzene rings is 1. The van der Waals surface area contributed by atoms with E-state index in [1.165, 1.54) is 32.1 Å². The van der Waals surface area contributed by atoms with E-state index >= 15 is 0 Å². The number of carbonyl (C=O) groups excluding carboxylic acids is 1. The molecule has 6 nitrogen and oxygen atoms in total. The van der Waals surface area contributed by atoms with Crippen molar-refractivity contribution in [2.45, 2.75) is 57.5 Å². The first kappa shape index (κ1) is 18.8. The first-order chi connectivity index (χ1) is 12.7. The van der Waals surface area contributed by atoms with Gasteiger partial charge in [-0.3, -0.25) is 0 Å². The fraction of sp³-hybridized carbons (Fsp3) is 0.650. The quantitative estimate of drug-likeness (QED) is 0.653. The Kier molecular flexibility index (Phi) is 7.00. The molecule has 1 aromatic rings. The van der Waals surface area contributed by atoms with Gasteiger partial charge in [0.15, 0.2) is 11.5 Å². The van der Waals surface area contributed by atoms with E-state index in [1.807, 2.05) is 25.1 Å². The van der Waals surface area contributed by atoms with Gasteiger partial charge in [-0.15, -0.1) is 0 Å². The Labute approximate surface area is 156 Å². The van der Waals surface area contributed by atoms with Gasteiger partial charge in [0.1, 0.15) is 13.2 Å². The summed E-state index contributed by atoms with van der Waals surface area (Å²) >= 11 is 0.